The molecule has 11 rings (SSSR count). The molecule has 0 unspecified atom stereocenters. The SMILES string of the molecule is CCC.CCC.O=C1C=CC(=O)N1c1ccc(Cc2ccc(N3C(=O)C=CC3=O)cc2)cc1.O=C1C=CC(=O)N1c1ccccc1.O=C1C=CC(=O)N1c1ccccc1.O=C1C=CC(=O)N1c1ccccc1.O=C1CC(=O)NC(=O)N1. The predicted molar refractivity (Wildman–Crippen MR) is 301 cm³/mol. The summed E-state index contributed by atoms with van der Waals surface area (Å²) in [4.78, 5) is 151. The van der Waals surface area contributed by atoms with E-state index >= 15 is 0 Å². The second kappa shape index (κ2) is 30.2. The van der Waals surface area contributed by atoms with E-state index in [1.807, 2.05) is 53.1 Å². The average Bonchev–Trinajstić information content (AvgIpc) is 4.28. The van der Waals surface area contributed by atoms with Crippen LogP contribution in [0.4, 0.5) is 33.2 Å². The Labute approximate surface area is 466 Å². The third-order valence-corrected chi connectivity index (χ3v) is 10.7. The number of benzene rings is 5. The summed E-state index contributed by atoms with van der Waals surface area (Å²) >= 11 is 0. The van der Waals surface area contributed by atoms with Crippen LogP contribution in [0.3, 0.4) is 0 Å². The van der Waals surface area contributed by atoms with E-state index in [1.54, 1.807) is 97.1 Å². The number of carbonyl (C=O) groups is 13. The number of anilines is 5. The highest BCUT2D eigenvalue weighted by Crippen LogP contribution is 2.24. The van der Waals surface area contributed by atoms with Gasteiger partial charge in [0.25, 0.3) is 59.1 Å². The smallest absolute Gasteiger partial charge is 0.277 e. The lowest BCUT2D eigenvalue weighted by Crippen LogP contribution is -2.49. The van der Waals surface area contributed by atoms with Gasteiger partial charge in [-0.05, 0) is 78.2 Å². The Balaban J connectivity index is 0.000000191. The molecule has 0 radical (unpaired) electrons. The van der Waals surface area contributed by atoms with Gasteiger partial charge in [0.1, 0.15) is 6.42 Å². The van der Waals surface area contributed by atoms with Crippen LogP contribution in [0.2, 0.25) is 0 Å². The normalized spacial score (nSPS) is 15.4. The molecular weight excluding hydrogens is 1040 g/mol. The molecule has 0 aliphatic carbocycles. The largest absolute Gasteiger partial charge is 0.328 e. The van der Waals surface area contributed by atoms with Crippen molar-refractivity contribution in [3.8, 4) is 0 Å². The van der Waals surface area contributed by atoms with E-state index in [-0.39, 0.29) is 65.5 Å². The van der Waals surface area contributed by atoms with Gasteiger partial charge >= 0.3 is 6.03 Å². The lowest BCUT2D eigenvalue weighted by atomic mass is 10.0. The number of para-hydroxylation sites is 3. The second-order valence-corrected chi connectivity index (χ2v) is 17.3. The minimum Gasteiger partial charge on any atom is -0.277 e. The second-order valence-electron chi connectivity index (χ2n) is 17.3. The van der Waals surface area contributed by atoms with Gasteiger partial charge in [-0.2, -0.15) is 0 Å². The van der Waals surface area contributed by atoms with E-state index in [1.165, 1.54) is 73.6 Å². The van der Waals surface area contributed by atoms with E-state index in [4.69, 9.17) is 0 Å². The summed E-state index contributed by atoms with van der Waals surface area (Å²) < 4.78 is 0. The summed E-state index contributed by atoms with van der Waals surface area (Å²) in [5.74, 6) is -4.17. The molecular formula is C61H55N7O13. The van der Waals surface area contributed by atoms with Crippen LogP contribution in [0.15, 0.2) is 200 Å². The van der Waals surface area contributed by atoms with Gasteiger partial charge in [0, 0.05) is 60.8 Å². The van der Waals surface area contributed by atoms with Crippen molar-refractivity contribution in [2.45, 2.75) is 53.4 Å². The average molecular weight is 1090 g/mol. The molecule has 0 aromatic heterocycles. The number of rotatable bonds is 7. The molecule has 0 saturated carbocycles. The van der Waals surface area contributed by atoms with E-state index in [9.17, 15) is 62.3 Å². The van der Waals surface area contributed by atoms with Gasteiger partial charge in [-0.3, -0.25) is 68.2 Å². The number of amides is 14. The third kappa shape index (κ3) is 17.3. The zero-order chi connectivity index (χ0) is 59.0. The molecule has 6 heterocycles. The number of nitrogens with one attached hydrogen (secondary N) is 2. The fraction of sp³-hybridized carbons (Fsp3) is 0.131. The molecule has 81 heavy (non-hydrogen) atoms. The Kier molecular flexibility index (Phi) is 22.7. The Morgan fingerprint density at radius 1 is 0.284 bits per heavy atom. The summed E-state index contributed by atoms with van der Waals surface area (Å²) in [5.41, 5.74) is 4.93. The number of imide groups is 7. The zero-order valence-corrected chi connectivity index (χ0v) is 44.4. The van der Waals surface area contributed by atoms with E-state index < -0.39 is 17.8 Å². The highest BCUT2D eigenvalue weighted by atomic mass is 16.2. The van der Waals surface area contributed by atoms with Crippen LogP contribution in [0.25, 0.3) is 0 Å². The fourth-order valence-electron chi connectivity index (χ4n) is 7.29. The zero-order valence-electron chi connectivity index (χ0n) is 44.4. The molecule has 1 saturated heterocycles. The first kappa shape index (κ1) is 61.0. The van der Waals surface area contributed by atoms with Crippen LogP contribution in [-0.4, -0.2) is 76.9 Å². The van der Waals surface area contributed by atoms with Crippen molar-refractivity contribution in [1.29, 1.82) is 0 Å². The van der Waals surface area contributed by atoms with Crippen molar-refractivity contribution >= 4 is 105 Å². The Morgan fingerprint density at radius 3 is 0.654 bits per heavy atom. The first-order valence-electron chi connectivity index (χ1n) is 25.2. The van der Waals surface area contributed by atoms with Crippen molar-refractivity contribution in [2.24, 2.45) is 0 Å². The van der Waals surface area contributed by atoms with Gasteiger partial charge < -0.3 is 0 Å². The van der Waals surface area contributed by atoms with Crippen molar-refractivity contribution in [2.75, 3.05) is 24.5 Å². The number of hydrogen-bond acceptors (Lipinski definition) is 13. The molecule has 5 aromatic carbocycles. The molecule has 6 aliphatic rings. The molecule has 5 aromatic rings. The lowest BCUT2D eigenvalue weighted by Gasteiger charge is -2.15. The topological polar surface area (TPSA) is 262 Å². The summed E-state index contributed by atoms with van der Waals surface area (Å²) in [6.07, 6.45) is 15.5. The minimum atomic E-state index is -0.740. The van der Waals surface area contributed by atoms with Gasteiger partial charge in [-0.25, -0.2) is 29.3 Å². The monoisotopic (exact) mass is 1090 g/mol. The minimum absolute atomic E-state index is 0.258. The molecule has 0 bridgehead atoms. The molecule has 20 heteroatoms. The maximum Gasteiger partial charge on any atom is 0.328 e. The van der Waals surface area contributed by atoms with Gasteiger partial charge in [0.2, 0.25) is 11.8 Å². The fourth-order valence-corrected chi connectivity index (χ4v) is 7.29. The lowest BCUT2D eigenvalue weighted by molar-refractivity contribution is -0.130. The molecule has 14 amide bonds. The molecule has 1 fully saturated rings. The van der Waals surface area contributed by atoms with Crippen LogP contribution in [-0.2, 0) is 64.0 Å². The molecule has 0 spiro atoms. The van der Waals surface area contributed by atoms with Crippen molar-refractivity contribution in [3.63, 3.8) is 0 Å². The summed E-state index contributed by atoms with van der Waals surface area (Å²) in [6, 6.07) is 40.2. The summed E-state index contributed by atoms with van der Waals surface area (Å²) in [7, 11) is 0. The predicted octanol–water partition coefficient (Wildman–Crippen LogP) is 7.06. The molecule has 2 N–H and O–H groups in total. The van der Waals surface area contributed by atoms with Crippen molar-refractivity contribution < 1.29 is 62.3 Å². The van der Waals surface area contributed by atoms with Crippen molar-refractivity contribution in [1.82, 2.24) is 10.6 Å². The molecule has 0 atom stereocenters. The van der Waals surface area contributed by atoms with Gasteiger partial charge in [-0.1, -0.05) is 119 Å². The Morgan fingerprint density at radius 2 is 0.469 bits per heavy atom. The van der Waals surface area contributed by atoms with E-state index in [0.717, 1.165) is 35.6 Å². The summed E-state index contributed by atoms with van der Waals surface area (Å²) in [6.45, 7) is 8.50. The van der Waals surface area contributed by atoms with Gasteiger partial charge in [0.05, 0.1) is 28.4 Å². The standard InChI is InChI=1S/C21H14N2O4.3C10H7NO2.C4H4N2O3.2C3H8/c24-18-9-10-19(25)22(18)16-5-1-14(2-6-16)13-15-3-7-17(8-4-15)23-20(26)11-12-21(23)27;3*12-9-6-7-10(13)11(9)8-4-2-1-3-5-8;7-2-1-3(8)6-4(9)5-2;2*1-3-2/h1-12H,13H2;3*1-7H;1H2,(H2,5,6,7,8,9);2*3H2,1-2H3. The molecule has 412 valence electrons. The van der Waals surface area contributed by atoms with Gasteiger partial charge in [0.15, 0.2) is 0 Å². The number of carbonyl (C=O) groups excluding carboxylic acids is 13. The maximum atomic E-state index is 11.7. The number of barbiturate groups is 1. The third-order valence-electron chi connectivity index (χ3n) is 10.7. The highest BCUT2D eigenvalue weighted by molar-refractivity contribution is 6.31. The van der Waals surface area contributed by atoms with Gasteiger partial charge in [-0.15, -0.1) is 0 Å². The number of hydrogen-bond donors (Lipinski definition) is 2. The first-order chi connectivity index (χ1) is 38.9. The quantitative estimate of drug-likeness (QED) is 0.122. The van der Waals surface area contributed by atoms with Crippen LogP contribution in [0.5, 0.6) is 0 Å². The van der Waals surface area contributed by atoms with E-state index in [0.29, 0.717) is 34.9 Å². The van der Waals surface area contributed by atoms with Crippen LogP contribution >= 0.6 is 0 Å². The van der Waals surface area contributed by atoms with E-state index in [2.05, 4.69) is 27.7 Å². The highest BCUT2D eigenvalue weighted by Gasteiger charge is 2.28. The van der Waals surface area contributed by atoms with Crippen molar-refractivity contribution in [3.05, 3.63) is 211 Å². The molecule has 6 aliphatic heterocycles. The Hall–Kier alpha value is -10.9. The number of nitrogens with zero attached hydrogens (tertiary/aromatic N) is 5. The van der Waals surface area contributed by atoms with Crippen LogP contribution in [0.1, 0.15) is 58.1 Å². The first-order valence-corrected chi connectivity index (χ1v) is 25.2. The molecule has 20 nitrogen and oxygen atoms in total. The maximum absolute atomic E-state index is 11.7. The number of urea groups is 1. The van der Waals surface area contributed by atoms with Crippen LogP contribution < -0.4 is 35.1 Å². The Bertz CT molecular complexity index is 2950. The summed E-state index contributed by atoms with van der Waals surface area (Å²) in [5, 5.41) is 3.80. The van der Waals surface area contributed by atoms with Crippen LogP contribution in [0, 0.1) is 0 Å².